The van der Waals surface area contributed by atoms with E-state index in [1.54, 1.807) is 26.0 Å². The third-order valence-electron chi connectivity index (χ3n) is 7.00. The van der Waals surface area contributed by atoms with E-state index in [1.807, 2.05) is 30.3 Å². The fourth-order valence-electron chi connectivity index (χ4n) is 4.79. The van der Waals surface area contributed by atoms with Crippen LogP contribution in [-0.2, 0) is 16.9 Å². The Morgan fingerprint density at radius 1 is 1.08 bits per heavy atom. The van der Waals surface area contributed by atoms with Crippen molar-refractivity contribution in [1.29, 1.82) is 0 Å². The molecule has 0 spiro atoms. The lowest BCUT2D eigenvalue weighted by Crippen LogP contribution is -2.41. The number of rotatable bonds is 7. The summed E-state index contributed by atoms with van der Waals surface area (Å²) in [4.78, 5) is 29.7. The first-order valence-corrected chi connectivity index (χ1v) is 12.2. The molecule has 8 nitrogen and oxygen atoms in total. The first kappa shape index (κ1) is 25.4. The molecule has 0 unspecified atom stereocenters. The lowest BCUT2D eigenvalue weighted by molar-refractivity contribution is 0.129. The number of fused-ring (bicyclic) bond motifs is 1. The number of alkyl carbamates (subject to hydrolysis) is 1. The number of carbonyl (C=O) groups is 2. The molecular formula is C28H27F2N3O5. The monoisotopic (exact) mass is 523 g/mol. The Labute approximate surface area is 218 Å². The van der Waals surface area contributed by atoms with Crippen molar-refractivity contribution in [3.05, 3.63) is 83.4 Å². The molecule has 2 N–H and O–H groups in total. The lowest BCUT2D eigenvalue weighted by atomic mass is 9.93. The smallest absolute Gasteiger partial charge is 0.408 e. The number of piperidine rings is 1. The summed E-state index contributed by atoms with van der Waals surface area (Å²) >= 11 is 0. The van der Waals surface area contributed by atoms with Gasteiger partial charge in [-0.3, -0.25) is 0 Å². The summed E-state index contributed by atoms with van der Waals surface area (Å²) in [5.41, 5.74) is 0.718. The van der Waals surface area contributed by atoms with Gasteiger partial charge < -0.3 is 24.8 Å². The Bertz CT molecular complexity index is 1360. The Kier molecular flexibility index (Phi) is 6.64. The van der Waals surface area contributed by atoms with Gasteiger partial charge in [0.1, 0.15) is 24.3 Å². The van der Waals surface area contributed by atoms with Crippen LogP contribution in [-0.4, -0.2) is 46.4 Å². The van der Waals surface area contributed by atoms with E-state index in [9.17, 15) is 23.5 Å². The maximum Gasteiger partial charge on any atom is 0.408 e. The second kappa shape index (κ2) is 9.92. The molecule has 198 valence electrons. The normalized spacial score (nSPS) is 20.0. The maximum absolute atomic E-state index is 14.7. The van der Waals surface area contributed by atoms with Crippen LogP contribution >= 0.6 is 0 Å². The number of ether oxygens (including phenoxy) is 2. The molecule has 1 saturated heterocycles. The number of hydrogen-bond donors (Lipinski definition) is 2. The van der Waals surface area contributed by atoms with E-state index < -0.39 is 29.4 Å². The average Bonchev–Trinajstić information content (AvgIpc) is 3.29. The molecule has 1 aromatic heterocycles. The van der Waals surface area contributed by atoms with Gasteiger partial charge in [-0.25, -0.2) is 23.4 Å². The number of halogens is 2. The second-order valence-electron chi connectivity index (χ2n) is 10.1. The minimum Gasteiger partial charge on any atom is -0.474 e. The highest BCUT2D eigenvalue weighted by molar-refractivity contribution is 5.69. The summed E-state index contributed by atoms with van der Waals surface area (Å²) in [6.07, 6.45) is -1.82. The Balaban J connectivity index is 1.37. The number of benzene rings is 2. The molecule has 0 radical (unpaired) electrons. The van der Waals surface area contributed by atoms with Gasteiger partial charge in [0.2, 0.25) is 5.88 Å². The average molecular weight is 524 g/mol. The maximum atomic E-state index is 14.7. The number of aromatic nitrogens is 1. The molecule has 10 heteroatoms. The van der Waals surface area contributed by atoms with Crippen molar-refractivity contribution >= 4 is 12.2 Å². The van der Waals surface area contributed by atoms with Gasteiger partial charge in [-0.1, -0.05) is 30.3 Å². The quantitative estimate of drug-likeness (QED) is 0.443. The van der Waals surface area contributed by atoms with Crippen LogP contribution in [0.5, 0.6) is 5.88 Å². The lowest BCUT2D eigenvalue weighted by Gasteiger charge is -2.27. The van der Waals surface area contributed by atoms with E-state index in [-0.39, 0.29) is 41.7 Å². The molecule has 38 heavy (non-hydrogen) atoms. The molecule has 3 aromatic rings. The van der Waals surface area contributed by atoms with Crippen molar-refractivity contribution < 1.29 is 33.0 Å². The predicted molar refractivity (Wildman–Crippen MR) is 133 cm³/mol. The Hall–Kier alpha value is -4.21. The number of carbonyl (C=O) groups excluding carboxylic acids is 1. The van der Waals surface area contributed by atoms with Gasteiger partial charge in [-0.15, -0.1) is 0 Å². The number of nitrogens with one attached hydrogen (secondary N) is 1. The molecule has 2 fully saturated rings. The minimum absolute atomic E-state index is 0.0571. The van der Waals surface area contributed by atoms with Gasteiger partial charge in [0.05, 0.1) is 11.2 Å². The van der Waals surface area contributed by atoms with Crippen molar-refractivity contribution in [2.45, 2.75) is 32.1 Å². The van der Waals surface area contributed by atoms with Crippen molar-refractivity contribution in [1.82, 2.24) is 15.2 Å². The summed E-state index contributed by atoms with van der Waals surface area (Å²) < 4.78 is 39.7. The summed E-state index contributed by atoms with van der Waals surface area (Å²) in [5, 5.41) is 12.0. The fraction of sp³-hybridized carbons (Fsp3) is 0.321. The van der Waals surface area contributed by atoms with Crippen LogP contribution in [0.25, 0.3) is 11.3 Å². The third kappa shape index (κ3) is 5.39. The first-order valence-electron chi connectivity index (χ1n) is 12.2. The van der Waals surface area contributed by atoms with E-state index >= 15 is 0 Å². The second-order valence-corrected chi connectivity index (χ2v) is 10.1. The molecule has 1 aliphatic heterocycles. The fourth-order valence-corrected chi connectivity index (χ4v) is 4.79. The van der Waals surface area contributed by atoms with E-state index in [0.717, 1.165) is 17.7 Å². The zero-order valence-corrected chi connectivity index (χ0v) is 20.9. The summed E-state index contributed by atoms with van der Waals surface area (Å²) in [7, 11) is 0. The highest BCUT2D eigenvalue weighted by Crippen LogP contribution is 2.48. The SMILES string of the molecule is CC(C)(NC(=O)OCc1ccccc1)c1cc(O[C@@H]2[C@@H]3CN(C(=O)O)C[C@@H]32)nc(-c2ccc(F)cc2F)c1. The molecule has 5 rings (SSSR count). The Morgan fingerprint density at radius 2 is 1.79 bits per heavy atom. The Morgan fingerprint density at radius 3 is 2.45 bits per heavy atom. The highest BCUT2D eigenvalue weighted by atomic mass is 19.1. The van der Waals surface area contributed by atoms with Crippen molar-refractivity contribution in [2.75, 3.05) is 13.1 Å². The van der Waals surface area contributed by atoms with Gasteiger partial charge in [-0.2, -0.15) is 0 Å². The molecule has 2 aliphatic rings. The molecule has 3 atom stereocenters. The standard InChI is InChI=1S/C28H27F2N3O5/c1-28(2,32-26(34)37-15-16-6-4-3-5-7-16)17-10-23(19-9-8-18(29)12-22(19)30)31-24(11-17)38-25-20-13-33(27(35)36)14-21(20)25/h3-12,20-21,25H,13-15H2,1-2H3,(H,32,34)(H,35,36)/t20-,21+,25-. The summed E-state index contributed by atoms with van der Waals surface area (Å²) in [5.74, 6) is -1.18. The number of pyridine rings is 1. The minimum atomic E-state index is -0.973. The van der Waals surface area contributed by atoms with E-state index in [1.165, 1.54) is 11.0 Å². The van der Waals surface area contributed by atoms with Crippen molar-refractivity contribution in [2.24, 2.45) is 11.8 Å². The molecule has 1 saturated carbocycles. The van der Waals surface area contributed by atoms with Crippen LogP contribution in [0, 0.1) is 23.5 Å². The van der Waals surface area contributed by atoms with Crippen molar-refractivity contribution in [3.8, 4) is 17.1 Å². The van der Waals surface area contributed by atoms with Gasteiger partial charge in [0, 0.05) is 42.6 Å². The summed E-state index contributed by atoms with van der Waals surface area (Å²) in [6.45, 7) is 4.38. The van der Waals surface area contributed by atoms with Crippen LogP contribution < -0.4 is 10.1 Å². The first-order chi connectivity index (χ1) is 18.1. The largest absolute Gasteiger partial charge is 0.474 e. The number of likely N-dealkylation sites (tertiary alicyclic amines) is 1. The third-order valence-corrected chi connectivity index (χ3v) is 7.00. The molecule has 2 aromatic carbocycles. The molecule has 0 bridgehead atoms. The van der Waals surface area contributed by atoms with Gasteiger partial charge in [-0.05, 0) is 43.2 Å². The van der Waals surface area contributed by atoms with Crippen LogP contribution in [0.1, 0.15) is 25.0 Å². The van der Waals surface area contributed by atoms with Crippen LogP contribution in [0.4, 0.5) is 18.4 Å². The van der Waals surface area contributed by atoms with E-state index in [0.29, 0.717) is 18.7 Å². The van der Waals surface area contributed by atoms with Gasteiger partial charge >= 0.3 is 12.2 Å². The summed E-state index contributed by atoms with van der Waals surface area (Å²) in [6, 6.07) is 15.7. The zero-order chi connectivity index (χ0) is 27.0. The molecule has 2 heterocycles. The van der Waals surface area contributed by atoms with Gasteiger partial charge in [0.15, 0.2) is 0 Å². The number of carboxylic acid groups (broad SMARTS) is 1. The number of hydrogen-bond acceptors (Lipinski definition) is 5. The number of nitrogens with zero attached hydrogens (tertiary/aromatic N) is 2. The van der Waals surface area contributed by atoms with E-state index in [4.69, 9.17) is 9.47 Å². The molecule has 2 amide bonds. The number of amides is 2. The van der Waals surface area contributed by atoms with Crippen molar-refractivity contribution in [3.63, 3.8) is 0 Å². The molecule has 1 aliphatic carbocycles. The van der Waals surface area contributed by atoms with Crippen LogP contribution in [0.2, 0.25) is 0 Å². The topological polar surface area (TPSA) is 101 Å². The predicted octanol–water partition coefficient (Wildman–Crippen LogP) is 5.18. The zero-order valence-electron chi connectivity index (χ0n) is 20.9. The van der Waals surface area contributed by atoms with E-state index in [2.05, 4.69) is 10.3 Å². The van der Waals surface area contributed by atoms with Crippen LogP contribution in [0.15, 0.2) is 60.7 Å². The van der Waals surface area contributed by atoms with Gasteiger partial charge in [0.25, 0.3) is 0 Å². The highest BCUT2D eigenvalue weighted by Gasteiger charge is 2.59. The molecular weight excluding hydrogens is 496 g/mol. The van der Waals surface area contributed by atoms with Crippen LogP contribution in [0.3, 0.4) is 0 Å².